The Hall–Kier alpha value is -2.26. The van der Waals surface area contributed by atoms with Crippen LogP contribution in [0.5, 0.6) is 0 Å². The third-order valence-corrected chi connectivity index (χ3v) is 13.9. The van der Waals surface area contributed by atoms with Crippen molar-refractivity contribution < 1.29 is 21.6 Å². The largest absolute Gasteiger partial charge is 0.417 e. The molecule has 3 aromatic rings. The Labute approximate surface area is 231 Å². The molecule has 3 aromatic carbocycles. The predicted octanol–water partition coefficient (Wildman–Crippen LogP) is 8.53. The number of nitrogens with zero attached hydrogens (tertiary/aromatic N) is 1. The second-order valence-corrected chi connectivity index (χ2v) is 18.0. The Morgan fingerprint density at radius 3 is 2.26 bits per heavy atom. The molecule has 0 saturated carbocycles. The maximum Gasteiger partial charge on any atom is 0.264 e. The van der Waals surface area contributed by atoms with E-state index in [0.717, 1.165) is 34.5 Å². The van der Waals surface area contributed by atoms with E-state index in [2.05, 4.69) is 33.9 Å². The number of benzene rings is 3. The van der Waals surface area contributed by atoms with E-state index in [0.29, 0.717) is 23.6 Å². The van der Waals surface area contributed by atoms with Gasteiger partial charge < -0.3 is 4.43 Å². The van der Waals surface area contributed by atoms with Gasteiger partial charge in [0.2, 0.25) is 0 Å². The van der Waals surface area contributed by atoms with Crippen molar-refractivity contribution in [3.05, 3.63) is 94.5 Å². The summed E-state index contributed by atoms with van der Waals surface area (Å²) in [6.45, 7) is 13.3. The molecule has 1 atom stereocenters. The zero-order valence-electron chi connectivity index (χ0n) is 22.8. The first-order valence-electron chi connectivity index (χ1n) is 12.6. The van der Waals surface area contributed by atoms with Crippen LogP contribution in [0.25, 0.3) is 0 Å². The highest BCUT2D eigenvalue weighted by Crippen LogP contribution is 2.38. The molecule has 38 heavy (non-hydrogen) atoms. The average Bonchev–Trinajstić information content (AvgIpc) is 2.84. The van der Waals surface area contributed by atoms with Crippen molar-refractivity contribution >= 4 is 35.6 Å². The van der Waals surface area contributed by atoms with Gasteiger partial charge >= 0.3 is 0 Å². The number of hydrogen-bond donors (Lipinski definition) is 0. The minimum atomic E-state index is -4.29. The van der Waals surface area contributed by atoms with E-state index in [4.69, 9.17) is 16.0 Å². The highest BCUT2D eigenvalue weighted by molar-refractivity contribution is 7.92. The van der Waals surface area contributed by atoms with Crippen LogP contribution in [0, 0.1) is 11.6 Å². The molecule has 0 fully saturated rings. The molecule has 1 unspecified atom stereocenters. The van der Waals surface area contributed by atoms with Gasteiger partial charge in [-0.25, -0.2) is 17.2 Å². The van der Waals surface area contributed by atoms with Crippen LogP contribution >= 0.6 is 11.6 Å². The lowest BCUT2D eigenvalue weighted by Gasteiger charge is -2.36. The third kappa shape index (κ3) is 6.83. The summed E-state index contributed by atoms with van der Waals surface area (Å²) in [4.78, 5) is -0.0716. The Bertz CT molecular complexity index is 1360. The van der Waals surface area contributed by atoms with Crippen molar-refractivity contribution in [3.8, 4) is 0 Å². The normalized spacial score (nSPS) is 13.4. The van der Waals surface area contributed by atoms with Crippen molar-refractivity contribution in [1.82, 2.24) is 0 Å². The summed E-state index contributed by atoms with van der Waals surface area (Å²) < 4.78 is 64.3. The molecule has 0 aliphatic heterocycles. The first-order chi connectivity index (χ1) is 17.6. The molecule has 3 rings (SSSR count). The quantitative estimate of drug-likeness (QED) is 0.179. The molecule has 0 aliphatic carbocycles. The van der Waals surface area contributed by atoms with E-state index >= 15 is 4.39 Å². The first kappa shape index (κ1) is 30.3. The Balaban J connectivity index is 1.98. The molecular weight excluding hydrogens is 544 g/mol. The minimum absolute atomic E-state index is 0.0716. The van der Waals surface area contributed by atoms with E-state index in [1.54, 1.807) is 6.92 Å². The summed E-state index contributed by atoms with van der Waals surface area (Å²) in [6.07, 6.45) is 1.39. The Kier molecular flexibility index (Phi) is 9.45. The molecule has 0 N–H and O–H groups in total. The Morgan fingerprint density at radius 1 is 1.00 bits per heavy atom. The zero-order chi connectivity index (χ0) is 28.3. The number of hydrogen-bond acceptors (Lipinski definition) is 3. The van der Waals surface area contributed by atoms with Gasteiger partial charge in [0.05, 0.1) is 16.6 Å². The first-order valence-corrected chi connectivity index (χ1v) is 17.3. The molecule has 0 spiro atoms. The molecule has 0 saturated heterocycles. The number of anilines is 1. The summed E-state index contributed by atoms with van der Waals surface area (Å²) in [5.74, 6) is -1.57. The second kappa shape index (κ2) is 11.9. The predicted molar refractivity (Wildman–Crippen MR) is 154 cm³/mol. The molecule has 0 amide bonds. The van der Waals surface area contributed by atoms with Gasteiger partial charge in [-0.1, -0.05) is 56.6 Å². The fourth-order valence-corrected chi connectivity index (χ4v) is 6.87. The Morgan fingerprint density at radius 2 is 1.63 bits per heavy atom. The van der Waals surface area contributed by atoms with Gasteiger partial charge in [-0.05, 0) is 85.4 Å². The standard InChI is InChI=1S/C29H36ClF2NO3SSi/c1-21(26-12-8-7-10-22(26)11-9-19-36-38(5,6)29(2,3)4)33(28-20-24(31)15-18-27(28)32)37(34,35)25-16-13-23(30)14-17-25/h7-8,10,12-18,20-21H,9,11,19H2,1-6H3. The van der Waals surface area contributed by atoms with Crippen molar-refractivity contribution in [3.63, 3.8) is 0 Å². The van der Waals surface area contributed by atoms with E-state index in [1.807, 2.05) is 24.3 Å². The smallest absolute Gasteiger partial charge is 0.264 e. The summed E-state index contributed by atoms with van der Waals surface area (Å²) >= 11 is 5.97. The third-order valence-electron chi connectivity index (χ3n) is 7.23. The van der Waals surface area contributed by atoms with E-state index < -0.39 is 36.0 Å². The number of halogens is 3. The van der Waals surface area contributed by atoms with Gasteiger partial charge in [0.15, 0.2) is 8.32 Å². The highest BCUT2D eigenvalue weighted by atomic mass is 35.5. The van der Waals surface area contributed by atoms with Crippen LogP contribution in [0.2, 0.25) is 23.2 Å². The highest BCUT2D eigenvalue weighted by Gasteiger charge is 2.37. The summed E-state index contributed by atoms with van der Waals surface area (Å²) in [6, 6.07) is 15.1. The fourth-order valence-electron chi connectivity index (χ4n) is 4.02. The summed E-state index contributed by atoms with van der Waals surface area (Å²) in [7, 11) is -6.18. The molecule has 0 aromatic heterocycles. The minimum Gasteiger partial charge on any atom is -0.417 e. The summed E-state index contributed by atoms with van der Waals surface area (Å²) in [5, 5.41) is 0.469. The number of rotatable bonds is 10. The van der Waals surface area contributed by atoms with E-state index in [-0.39, 0.29) is 15.6 Å². The van der Waals surface area contributed by atoms with Gasteiger partial charge in [0, 0.05) is 17.7 Å². The van der Waals surface area contributed by atoms with Crippen LogP contribution in [-0.2, 0) is 20.9 Å². The van der Waals surface area contributed by atoms with Gasteiger partial charge in [-0.2, -0.15) is 0 Å². The van der Waals surface area contributed by atoms with Crippen LogP contribution in [0.3, 0.4) is 0 Å². The van der Waals surface area contributed by atoms with Crippen LogP contribution in [0.4, 0.5) is 14.5 Å². The molecule has 206 valence electrons. The second-order valence-electron chi connectivity index (χ2n) is 10.9. The van der Waals surface area contributed by atoms with Crippen LogP contribution in [0.1, 0.15) is 51.3 Å². The van der Waals surface area contributed by atoms with Crippen LogP contribution in [-0.4, -0.2) is 23.3 Å². The van der Waals surface area contributed by atoms with Gasteiger partial charge in [-0.3, -0.25) is 4.31 Å². The molecule has 0 radical (unpaired) electrons. The van der Waals surface area contributed by atoms with Gasteiger partial charge in [0.25, 0.3) is 10.0 Å². The van der Waals surface area contributed by atoms with E-state index in [1.165, 1.54) is 24.3 Å². The molecule has 9 heteroatoms. The average molecular weight is 580 g/mol. The molecule has 0 bridgehead atoms. The maximum absolute atomic E-state index is 15.1. The SMILES string of the molecule is CC(c1ccccc1CCCO[Si](C)(C)C(C)(C)C)N(c1cc(F)ccc1F)S(=O)(=O)c1ccc(Cl)cc1. The van der Waals surface area contributed by atoms with Gasteiger partial charge in [-0.15, -0.1) is 0 Å². The lowest BCUT2D eigenvalue weighted by Crippen LogP contribution is -2.41. The monoisotopic (exact) mass is 579 g/mol. The van der Waals surface area contributed by atoms with Crippen molar-refractivity contribution in [2.24, 2.45) is 0 Å². The lowest BCUT2D eigenvalue weighted by molar-refractivity contribution is 0.282. The number of aryl methyl sites for hydroxylation is 1. The van der Waals surface area contributed by atoms with Crippen molar-refractivity contribution in [1.29, 1.82) is 0 Å². The topological polar surface area (TPSA) is 46.6 Å². The van der Waals surface area contributed by atoms with Gasteiger partial charge in [0.1, 0.15) is 11.6 Å². The molecule has 4 nitrogen and oxygen atoms in total. The molecular formula is C29H36ClF2NO3SSi. The van der Waals surface area contributed by atoms with Crippen LogP contribution in [0.15, 0.2) is 71.6 Å². The summed E-state index contributed by atoms with van der Waals surface area (Å²) in [5.41, 5.74) is 1.27. The lowest BCUT2D eigenvalue weighted by atomic mass is 9.97. The van der Waals surface area contributed by atoms with Crippen LogP contribution < -0.4 is 4.31 Å². The van der Waals surface area contributed by atoms with Crippen molar-refractivity contribution in [2.45, 2.75) is 69.6 Å². The molecule has 0 aliphatic rings. The molecule has 0 heterocycles. The maximum atomic E-state index is 15.1. The van der Waals surface area contributed by atoms with E-state index in [9.17, 15) is 12.8 Å². The zero-order valence-corrected chi connectivity index (χ0v) is 25.3. The number of sulfonamides is 1. The van der Waals surface area contributed by atoms with Crippen molar-refractivity contribution in [2.75, 3.05) is 10.9 Å². The fraction of sp³-hybridized carbons (Fsp3) is 0.379.